The van der Waals surface area contributed by atoms with Crippen LogP contribution in [0, 0.1) is 18.8 Å². The zero-order valence-corrected chi connectivity index (χ0v) is 13.6. The van der Waals surface area contributed by atoms with Gasteiger partial charge in [-0.2, -0.15) is 5.10 Å². The summed E-state index contributed by atoms with van der Waals surface area (Å²) in [6.45, 7) is 4.38. The molecule has 3 heterocycles. The van der Waals surface area contributed by atoms with Gasteiger partial charge in [0.25, 0.3) is 0 Å². The van der Waals surface area contributed by atoms with E-state index in [1.54, 1.807) is 0 Å². The first-order valence-electron chi connectivity index (χ1n) is 8.68. The molecule has 1 amide bonds. The predicted octanol–water partition coefficient (Wildman–Crippen LogP) is 1.30. The molecule has 0 radical (unpaired) electrons. The Kier molecular flexibility index (Phi) is 3.93. The van der Waals surface area contributed by atoms with Gasteiger partial charge in [0.2, 0.25) is 5.91 Å². The van der Waals surface area contributed by atoms with Crippen molar-refractivity contribution in [2.45, 2.75) is 44.8 Å². The molecule has 0 aromatic carbocycles. The van der Waals surface area contributed by atoms with E-state index < -0.39 is 0 Å². The van der Waals surface area contributed by atoms with Crippen molar-refractivity contribution < 1.29 is 9.53 Å². The van der Waals surface area contributed by atoms with Crippen LogP contribution in [0.25, 0.3) is 0 Å². The van der Waals surface area contributed by atoms with Crippen molar-refractivity contribution in [1.29, 1.82) is 0 Å². The molecule has 6 nitrogen and oxygen atoms in total. The van der Waals surface area contributed by atoms with E-state index in [4.69, 9.17) is 4.74 Å². The minimum absolute atomic E-state index is 0.0653. The Morgan fingerprint density at radius 1 is 1.26 bits per heavy atom. The van der Waals surface area contributed by atoms with Crippen LogP contribution in [0.4, 0.5) is 5.82 Å². The summed E-state index contributed by atoms with van der Waals surface area (Å²) < 4.78 is 5.94. The third-order valence-electron chi connectivity index (χ3n) is 5.24. The molecule has 0 unspecified atom stereocenters. The number of piperidine rings is 1. The summed E-state index contributed by atoms with van der Waals surface area (Å²) in [4.78, 5) is 14.8. The minimum atomic E-state index is 0.0653. The topological polar surface area (TPSA) is 67.3 Å². The van der Waals surface area contributed by atoms with Gasteiger partial charge in [-0.15, -0.1) is 5.10 Å². The van der Waals surface area contributed by atoms with Crippen LogP contribution in [0.5, 0.6) is 0 Å². The van der Waals surface area contributed by atoms with Gasteiger partial charge in [0, 0.05) is 37.6 Å². The molecule has 1 saturated carbocycles. The van der Waals surface area contributed by atoms with Crippen LogP contribution in [-0.2, 0) is 9.53 Å². The van der Waals surface area contributed by atoms with Gasteiger partial charge in [-0.3, -0.25) is 4.79 Å². The minimum Gasteiger partial charge on any atom is -0.378 e. The molecule has 3 aliphatic rings. The highest BCUT2D eigenvalue weighted by molar-refractivity contribution is 5.80. The van der Waals surface area contributed by atoms with E-state index in [9.17, 15) is 4.79 Å². The molecule has 1 aromatic heterocycles. The van der Waals surface area contributed by atoms with Crippen LogP contribution in [0.15, 0.2) is 12.1 Å². The lowest BCUT2D eigenvalue weighted by molar-refractivity contribution is -0.137. The standard InChI is InChI=1S/C17H24N4O2/c1-11-2-5-16(20-19-11)21-8-6-15-14(10-21)13(7-9-23-15)17(22)18-12-3-4-12/h2,5,12-15H,3-4,6-10H2,1H3,(H,18,22)/t13-,14-,15-/m1/s1. The van der Waals surface area contributed by atoms with Crippen LogP contribution < -0.4 is 10.2 Å². The molecular weight excluding hydrogens is 292 g/mol. The van der Waals surface area contributed by atoms with E-state index in [-0.39, 0.29) is 23.8 Å². The van der Waals surface area contributed by atoms with E-state index in [1.165, 1.54) is 0 Å². The average Bonchev–Trinajstić information content (AvgIpc) is 3.38. The molecule has 4 rings (SSSR count). The van der Waals surface area contributed by atoms with Gasteiger partial charge < -0.3 is 15.0 Å². The number of anilines is 1. The van der Waals surface area contributed by atoms with Crippen LogP contribution in [-0.4, -0.2) is 47.9 Å². The van der Waals surface area contributed by atoms with Crippen LogP contribution in [0.2, 0.25) is 0 Å². The molecule has 1 N–H and O–H groups in total. The molecular formula is C17H24N4O2. The predicted molar refractivity (Wildman–Crippen MR) is 86.1 cm³/mol. The number of carbonyl (C=O) groups is 1. The number of hydrogen-bond acceptors (Lipinski definition) is 5. The van der Waals surface area contributed by atoms with Gasteiger partial charge >= 0.3 is 0 Å². The van der Waals surface area contributed by atoms with Crippen LogP contribution in [0.1, 0.15) is 31.4 Å². The number of aryl methyl sites for hydroxylation is 1. The summed E-state index contributed by atoms with van der Waals surface area (Å²) in [6, 6.07) is 4.43. The van der Waals surface area contributed by atoms with Gasteiger partial charge in [-0.25, -0.2) is 0 Å². The van der Waals surface area contributed by atoms with Crippen molar-refractivity contribution in [3.05, 3.63) is 17.8 Å². The molecule has 1 aliphatic carbocycles. The Balaban J connectivity index is 1.48. The summed E-state index contributed by atoms with van der Waals surface area (Å²) in [5.74, 6) is 1.44. The number of hydrogen-bond donors (Lipinski definition) is 1. The number of fused-ring (bicyclic) bond motifs is 1. The van der Waals surface area contributed by atoms with Crippen LogP contribution in [0.3, 0.4) is 0 Å². The van der Waals surface area contributed by atoms with Gasteiger partial charge in [-0.05, 0) is 44.7 Å². The summed E-state index contributed by atoms with van der Waals surface area (Å²) in [5.41, 5.74) is 0.923. The maximum Gasteiger partial charge on any atom is 0.223 e. The lowest BCUT2D eigenvalue weighted by atomic mass is 9.79. The smallest absolute Gasteiger partial charge is 0.223 e. The van der Waals surface area contributed by atoms with Crippen molar-refractivity contribution in [3.8, 4) is 0 Å². The molecule has 0 spiro atoms. The lowest BCUT2D eigenvalue weighted by Gasteiger charge is -2.44. The summed E-state index contributed by atoms with van der Waals surface area (Å²) in [6.07, 6.45) is 4.25. The van der Waals surface area contributed by atoms with E-state index >= 15 is 0 Å². The molecule has 2 saturated heterocycles. The Hall–Kier alpha value is -1.69. The fourth-order valence-corrected chi connectivity index (χ4v) is 3.74. The quantitative estimate of drug-likeness (QED) is 0.910. The normalized spacial score (nSPS) is 30.7. The zero-order valence-electron chi connectivity index (χ0n) is 13.6. The van der Waals surface area contributed by atoms with E-state index in [1.807, 2.05) is 19.1 Å². The second-order valence-electron chi connectivity index (χ2n) is 7.02. The maximum atomic E-state index is 12.6. The SMILES string of the molecule is Cc1ccc(N2CC[C@H]3OCC[C@@H](C(=O)NC4CC4)[C@H]3C2)nn1. The van der Waals surface area contributed by atoms with Gasteiger partial charge in [0.15, 0.2) is 5.82 Å². The molecule has 1 aromatic rings. The molecule has 2 aliphatic heterocycles. The van der Waals surface area contributed by atoms with Crippen molar-refractivity contribution in [3.63, 3.8) is 0 Å². The number of carbonyl (C=O) groups excluding carboxylic acids is 1. The number of nitrogens with one attached hydrogen (secondary N) is 1. The number of amides is 1. The number of ether oxygens (including phenoxy) is 1. The summed E-state index contributed by atoms with van der Waals surface area (Å²) >= 11 is 0. The van der Waals surface area contributed by atoms with Crippen LogP contribution >= 0.6 is 0 Å². The fraction of sp³-hybridized carbons (Fsp3) is 0.706. The van der Waals surface area contributed by atoms with E-state index in [0.717, 1.165) is 50.3 Å². The molecule has 124 valence electrons. The Morgan fingerprint density at radius 3 is 2.87 bits per heavy atom. The highest BCUT2D eigenvalue weighted by atomic mass is 16.5. The summed E-state index contributed by atoms with van der Waals surface area (Å²) in [7, 11) is 0. The maximum absolute atomic E-state index is 12.6. The molecule has 3 fully saturated rings. The largest absolute Gasteiger partial charge is 0.378 e. The fourth-order valence-electron chi connectivity index (χ4n) is 3.74. The monoisotopic (exact) mass is 316 g/mol. The van der Waals surface area contributed by atoms with E-state index in [0.29, 0.717) is 12.6 Å². The first-order valence-corrected chi connectivity index (χ1v) is 8.68. The van der Waals surface area contributed by atoms with Gasteiger partial charge in [0.05, 0.1) is 11.8 Å². The molecule has 6 heteroatoms. The van der Waals surface area contributed by atoms with E-state index in [2.05, 4.69) is 20.4 Å². The van der Waals surface area contributed by atoms with Gasteiger partial charge in [0.1, 0.15) is 0 Å². The summed E-state index contributed by atoms with van der Waals surface area (Å²) in [5, 5.41) is 11.6. The number of nitrogens with zero attached hydrogens (tertiary/aromatic N) is 3. The van der Waals surface area contributed by atoms with Crippen molar-refractivity contribution in [2.24, 2.45) is 11.8 Å². The average molecular weight is 316 g/mol. The molecule has 3 atom stereocenters. The third-order valence-corrected chi connectivity index (χ3v) is 5.24. The second-order valence-corrected chi connectivity index (χ2v) is 7.02. The van der Waals surface area contributed by atoms with Crippen molar-refractivity contribution >= 4 is 11.7 Å². The molecule has 23 heavy (non-hydrogen) atoms. The van der Waals surface area contributed by atoms with Crippen molar-refractivity contribution in [2.75, 3.05) is 24.6 Å². The van der Waals surface area contributed by atoms with Crippen molar-refractivity contribution in [1.82, 2.24) is 15.5 Å². The second kappa shape index (κ2) is 6.07. The lowest BCUT2D eigenvalue weighted by Crippen LogP contribution is -2.53. The first kappa shape index (κ1) is 14.9. The molecule has 0 bridgehead atoms. The highest BCUT2D eigenvalue weighted by Crippen LogP contribution is 2.35. The Labute approximate surface area is 136 Å². The highest BCUT2D eigenvalue weighted by Gasteiger charge is 2.42. The number of rotatable bonds is 3. The third kappa shape index (κ3) is 3.17. The number of aromatic nitrogens is 2. The Bertz CT molecular complexity index is 572. The first-order chi connectivity index (χ1) is 11.2. The zero-order chi connectivity index (χ0) is 15.8. The van der Waals surface area contributed by atoms with Gasteiger partial charge in [-0.1, -0.05) is 0 Å². The Morgan fingerprint density at radius 2 is 2.13 bits per heavy atom.